The molecule has 0 aromatic heterocycles. The third-order valence-electron chi connectivity index (χ3n) is 4.17. The number of hydrogen-bond acceptors (Lipinski definition) is 0. The summed E-state index contributed by atoms with van der Waals surface area (Å²) >= 11 is 0. The molecule has 3 unspecified atom stereocenters. The SMILES string of the molecule is CC(C)C1C(C)[C@H]2CCCC12. The second-order valence-corrected chi connectivity index (χ2v) is 4.94. The van der Waals surface area contributed by atoms with Crippen molar-refractivity contribution in [2.45, 2.75) is 40.0 Å². The summed E-state index contributed by atoms with van der Waals surface area (Å²) in [6.45, 7) is 7.27. The van der Waals surface area contributed by atoms with Gasteiger partial charge < -0.3 is 0 Å². The summed E-state index contributed by atoms with van der Waals surface area (Å²) in [5, 5.41) is 0. The molecule has 11 heavy (non-hydrogen) atoms. The van der Waals surface area contributed by atoms with Gasteiger partial charge in [0, 0.05) is 0 Å². The molecule has 4 atom stereocenters. The van der Waals surface area contributed by atoms with Crippen molar-refractivity contribution in [3.63, 3.8) is 0 Å². The van der Waals surface area contributed by atoms with E-state index in [0.717, 1.165) is 29.6 Å². The maximum Gasteiger partial charge on any atom is -0.0331 e. The Morgan fingerprint density at radius 1 is 1.09 bits per heavy atom. The third kappa shape index (κ3) is 0.947. The predicted octanol–water partition coefficient (Wildman–Crippen LogP) is 3.32. The average molecular weight is 152 g/mol. The lowest BCUT2D eigenvalue weighted by atomic mass is 9.55. The first-order chi connectivity index (χ1) is 5.22. The van der Waals surface area contributed by atoms with E-state index in [1.807, 2.05) is 0 Å². The Kier molecular flexibility index (Phi) is 1.74. The molecule has 0 radical (unpaired) electrons. The molecule has 2 aliphatic rings. The van der Waals surface area contributed by atoms with Gasteiger partial charge in [-0.05, 0) is 42.4 Å². The highest BCUT2D eigenvalue weighted by Gasteiger charge is 2.50. The maximum atomic E-state index is 2.47. The second-order valence-electron chi connectivity index (χ2n) is 4.94. The zero-order valence-corrected chi connectivity index (χ0v) is 8.01. The van der Waals surface area contributed by atoms with Crippen molar-refractivity contribution in [1.82, 2.24) is 0 Å². The van der Waals surface area contributed by atoms with Crippen molar-refractivity contribution in [3.8, 4) is 0 Å². The number of rotatable bonds is 1. The van der Waals surface area contributed by atoms with Gasteiger partial charge in [-0.15, -0.1) is 0 Å². The van der Waals surface area contributed by atoms with Crippen molar-refractivity contribution >= 4 is 0 Å². The van der Waals surface area contributed by atoms with Crippen LogP contribution in [0.5, 0.6) is 0 Å². The fourth-order valence-electron chi connectivity index (χ4n) is 3.78. The lowest BCUT2D eigenvalue weighted by molar-refractivity contribution is -0.0172. The Bertz CT molecular complexity index is 148. The summed E-state index contributed by atoms with van der Waals surface area (Å²) < 4.78 is 0. The van der Waals surface area contributed by atoms with Crippen LogP contribution in [0.1, 0.15) is 40.0 Å². The number of fused-ring (bicyclic) bond motifs is 1. The van der Waals surface area contributed by atoms with Crippen LogP contribution in [0.2, 0.25) is 0 Å². The molecule has 0 amide bonds. The van der Waals surface area contributed by atoms with E-state index < -0.39 is 0 Å². The monoisotopic (exact) mass is 152 g/mol. The molecule has 0 N–H and O–H groups in total. The maximum absolute atomic E-state index is 2.47. The predicted molar refractivity (Wildman–Crippen MR) is 48.3 cm³/mol. The van der Waals surface area contributed by atoms with E-state index in [9.17, 15) is 0 Å². The zero-order chi connectivity index (χ0) is 8.01. The normalized spacial score (nSPS) is 49.1. The van der Waals surface area contributed by atoms with Crippen LogP contribution in [-0.4, -0.2) is 0 Å². The Hall–Kier alpha value is 0. The van der Waals surface area contributed by atoms with E-state index in [4.69, 9.17) is 0 Å². The van der Waals surface area contributed by atoms with Gasteiger partial charge >= 0.3 is 0 Å². The molecule has 0 heteroatoms. The molecule has 0 nitrogen and oxygen atoms in total. The van der Waals surface area contributed by atoms with Gasteiger partial charge in [-0.25, -0.2) is 0 Å². The third-order valence-corrected chi connectivity index (χ3v) is 4.17. The van der Waals surface area contributed by atoms with E-state index in [1.165, 1.54) is 19.3 Å². The van der Waals surface area contributed by atoms with E-state index in [0.29, 0.717) is 0 Å². The standard InChI is InChI=1S/C11H20/c1-7(2)11-8(3)9-5-4-6-10(9)11/h7-11H,4-6H2,1-3H3/t8?,9-,10?,11?/m1/s1. The Balaban J connectivity index is 2.03. The summed E-state index contributed by atoms with van der Waals surface area (Å²) in [6, 6.07) is 0. The topological polar surface area (TPSA) is 0 Å². The molecule has 2 fully saturated rings. The molecule has 2 aliphatic carbocycles. The number of hydrogen-bond donors (Lipinski definition) is 0. The van der Waals surface area contributed by atoms with Crippen LogP contribution in [-0.2, 0) is 0 Å². The largest absolute Gasteiger partial charge is 0.0625 e. The van der Waals surface area contributed by atoms with Gasteiger partial charge in [-0.1, -0.05) is 27.2 Å². The molecule has 0 aromatic rings. The fraction of sp³-hybridized carbons (Fsp3) is 1.00. The van der Waals surface area contributed by atoms with Gasteiger partial charge in [0.2, 0.25) is 0 Å². The van der Waals surface area contributed by atoms with Crippen molar-refractivity contribution in [3.05, 3.63) is 0 Å². The van der Waals surface area contributed by atoms with E-state index in [-0.39, 0.29) is 0 Å². The van der Waals surface area contributed by atoms with E-state index in [1.54, 1.807) is 0 Å². The lowest BCUT2D eigenvalue weighted by Gasteiger charge is -2.50. The van der Waals surface area contributed by atoms with Crippen LogP contribution >= 0.6 is 0 Å². The minimum absolute atomic E-state index is 0.935. The summed E-state index contributed by atoms with van der Waals surface area (Å²) in [5.74, 6) is 5.31. The quantitative estimate of drug-likeness (QED) is 0.540. The van der Waals surface area contributed by atoms with Gasteiger partial charge in [0.1, 0.15) is 0 Å². The van der Waals surface area contributed by atoms with E-state index >= 15 is 0 Å². The zero-order valence-electron chi connectivity index (χ0n) is 8.01. The minimum atomic E-state index is 0.935. The Labute approximate surface area is 70.4 Å². The van der Waals surface area contributed by atoms with Crippen LogP contribution in [0, 0.1) is 29.6 Å². The van der Waals surface area contributed by atoms with Crippen molar-refractivity contribution in [2.24, 2.45) is 29.6 Å². The summed E-state index contributed by atoms with van der Waals surface area (Å²) in [4.78, 5) is 0. The highest BCUT2D eigenvalue weighted by atomic mass is 14.5. The van der Waals surface area contributed by atoms with Gasteiger partial charge in [-0.2, -0.15) is 0 Å². The molecule has 2 saturated carbocycles. The summed E-state index contributed by atoms with van der Waals surface area (Å²) in [5.41, 5.74) is 0. The van der Waals surface area contributed by atoms with Gasteiger partial charge in [0.15, 0.2) is 0 Å². The summed E-state index contributed by atoms with van der Waals surface area (Å²) in [6.07, 6.45) is 4.59. The second kappa shape index (κ2) is 2.50. The smallest absolute Gasteiger partial charge is 0.0331 e. The highest BCUT2D eigenvalue weighted by Crippen LogP contribution is 2.57. The van der Waals surface area contributed by atoms with E-state index in [2.05, 4.69) is 20.8 Å². The minimum Gasteiger partial charge on any atom is -0.0625 e. The highest BCUT2D eigenvalue weighted by molar-refractivity contribution is 4.99. The fourth-order valence-corrected chi connectivity index (χ4v) is 3.78. The molecule has 0 spiro atoms. The van der Waals surface area contributed by atoms with Crippen LogP contribution < -0.4 is 0 Å². The first-order valence-electron chi connectivity index (χ1n) is 5.22. The van der Waals surface area contributed by atoms with Crippen LogP contribution in [0.3, 0.4) is 0 Å². The van der Waals surface area contributed by atoms with Crippen LogP contribution in [0.4, 0.5) is 0 Å². The van der Waals surface area contributed by atoms with Crippen LogP contribution in [0.15, 0.2) is 0 Å². The molecule has 0 saturated heterocycles. The lowest BCUT2D eigenvalue weighted by Crippen LogP contribution is -2.44. The van der Waals surface area contributed by atoms with Crippen LogP contribution in [0.25, 0.3) is 0 Å². The van der Waals surface area contributed by atoms with Crippen molar-refractivity contribution in [2.75, 3.05) is 0 Å². The average Bonchev–Trinajstić information content (AvgIpc) is 2.30. The molecule has 0 bridgehead atoms. The van der Waals surface area contributed by atoms with Crippen molar-refractivity contribution < 1.29 is 0 Å². The van der Waals surface area contributed by atoms with Gasteiger partial charge in [0.25, 0.3) is 0 Å². The first-order valence-corrected chi connectivity index (χ1v) is 5.22. The summed E-state index contributed by atoms with van der Waals surface area (Å²) in [7, 11) is 0. The first kappa shape index (κ1) is 7.64. The van der Waals surface area contributed by atoms with Crippen molar-refractivity contribution in [1.29, 1.82) is 0 Å². The molecule has 64 valence electrons. The molecule has 0 aliphatic heterocycles. The Morgan fingerprint density at radius 2 is 1.73 bits per heavy atom. The molecular formula is C11H20. The van der Waals surface area contributed by atoms with Gasteiger partial charge in [0.05, 0.1) is 0 Å². The molecule has 0 aromatic carbocycles. The van der Waals surface area contributed by atoms with Gasteiger partial charge in [-0.3, -0.25) is 0 Å². The Morgan fingerprint density at radius 3 is 2.36 bits per heavy atom. The molecule has 0 heterocycles. The molecule has 2 rings (SSSR count). The molecular weight excluding hydrogens is 132 g/mol.